The van der Waals surface area contributed by atoms with Gasteiger partial charge in [0, 0.05) is 26.2 Å². The lowest BCUT2D eigenvalue weighted by Crippen LogP contribution is -2.44. The Morgan fingerprint density at radius 1 is 1.03 bits per heavy atom. The first-order valence-corrected chi connectivity index (χ1v) is 12.1. The Hall–Kier alpha value is -3.24. The maximum atomic E-state index is 13.0. The van der Waals surface area contributed by atoms with E-state index in [2.05, 4.69) is 24.9 Å². The summed E-state index contributed by atoms with van der Waals surface area (Å²) in [4.78, 5) is 21.0. The number of hydrogen-bond acceptors (Lipinski definition) is 9. The van der Waals surface area contributed by atoms with Gasteiger partial charge < -0.3 is 20.7 Å². The molecule has 33 heavy (non-hydrogen) atoms. The lowest BCUT2D eigenvalue weighted by Gasteiger charge is -2.29. The number of anilines is 2. The molecule has 0 atom stereocenters. The Balaban J connectivity index is 0.000000383. The standard InChI is InChI=1S/C18H19N5O2S.C5H10O2/c19-17-18(23-11-9-20-10-12-23)21-14-7-4-8-15(16(14)22-17)26(24,25)13-5-2-1-3-6-13;1-5(2,3)7-4-6/h1-8,20H,9-12H2,(H2,19,22);4H,1-3H3. The van der Waals surface area contributed by atoms with E-state index < -0.39 is 9.84 Å². The number of piperazine rings is 1. The third-order valence-electron chi connectivity index (χ3n) is 4.83. The van der Waals surface area contributed by atoms with Crippen LogP contribution in [0.1, 0.15) is 20.8 Å². The topological polar surface area (TPSA) is 128 Å². The van der Waals surface area contributed by atoms with E-state index in [1.54, 1.807) is 48.5 Å². The summed E-state index contributed by atoms with van der Waals surface area (Å²) < 4.78 is 30.6. The second-order valence-corrected chi connectivity index (χ2v) is 10.4. The summed E-state index contributed by atoms with van der Waals surface area (Å²) >= 11 is 0. The van der Waals surface area contributed by atoms with Crippen molar-refractivity contribution in [2.45, 2.75) is 36.2 Å². The van der Waals surface area contributed by atoms with Crippen LogP contribution in [0.4, 0.5) is 11.6 Å². The quantitative estimate of drug-likeness (QED) is 0.551. The number of carbonyl (C=O) groups excluding carboxylic acids is 1. The summed E-state index contributed by atoms with van der Waals surface area (Å²) in [6, 6.07) is 13.3. The summed E-state index contributed by atoms with van der Waals surface area (Å²) in [6.07, 6.45) is 0. The van der Waals surface area contributed by atoms with Crippen molar-refractivity contribution < 1.29 is 17.9 Å². The zero-order valence-electron chi connectivity index (χ0n) is 19.0. The maximum Gasteiger partial charge on any atom is 0.293 e. The van der Waals surface area contributed by atoms with Crippen LogP contribution in [0, 0.1) is 0 Å². The summed E-state index contributed by atoms with van der Waals surface area (Å²) in [5, 5.41) is 3.28. The van der Waals surface area contributed by atoms with Crippen molar-refractivity contribution in [2.75, 3.05) is 36.8 Å². The molecule has 2 aromatic carbocycles. The van der Waals surface area contributed by atoms with E-state index in [1.165, 1.54) is 0 Å². The first kappa shape index (κ1) is 24.4. The monoisotopic (exact) mass is 471 g/mol. The number of nitrogens with two attached hydrogens (primary N) is 1. The van der Waals surface area contributed by atoms with Gasteiger partial charge in [-0.2, -0.15) is 0 Å². The number of rotatable bonds is 4. The number of nitrogens with one attached hydrogen (secondary N) is 1. The Morgan fingerprint density at radius 3 is 2.27 bits per heavy atom. The Labute approximate surface area is 193 Å². The van der Waals surface area contributed by atoms with E-state index in [1.807, 2.05) is 20.8 Å². The highest BCUT2D eigenvalue weighted by molar-refractivity contribution is 7.91. The fourth-order valence-corrected chi connectivity index (χ4v) is 4.68. The third-order valence-corrected chi connectivity index (χ3v) is 6.63. The number of aromatic nitrogens is 2. The number of hydrogen-bond donors (Lipinski definition) is 2. The highest BCUT2D eigenvalue weighted by atomic mass is 32.2. The molecule has 2 heterocycles. The van der Waals surface area contributed by atoms with Crippen molar-refractivity contribution in [3.05, 3.63) is 48.5 Å². The van der Waals surface area contributed by atoms with Crippen LogP contribution in [-0.2, 0) is 19.4 Å². The van der Waals surface area contributed by atoms with E-state index >= 15 is 0 Å². The third kappa shape index (κ3) is 5.96. The SMILES string of the molecule is CC(C)(C)OC=O.Nc1nc2c(S(=O)(=O)c3ccccc3)cccc2nc1N1CCNCC1. The molecule has 1 fully saturated rings. The first-order valence-electron chi connectivity index (χ1n) is 10.6. The summed E-state index contributed by atoms with van der Waals surface area (Å²) in [7, 11) is -3.70. The molecule has 0 spiro atoms. The van der Waals surface area contributed by atoms with Crippen LogP contribution in [0.15, 0.2) is 58.3 Å². The second-order valence-electron chi connectivity index (χ2n) is 8.44. The molecule has 3 aromatic rings. The van der Waals surface area contributed by atoms with Gasteiger partial charge in [-0.25, -0.2) is 18.4 Å². The van der Waals surface area contributed by atoms with Crippen molar-refractivity contribution in [3.8, 4) is 0 Å². The highest BCUT2D eigenvalue weighted by Gasteiger charge is 2.23. The normalized spacial score (nSPS) is 14.3. The number of sulfone groups is 1. The molecule has 0 saturated carbocycles. The average Bonchev–Trinajstić information content (AvgIpc) is 2.79. The predicted octanol–water partition coefficient (Wildman–Crippen LogP) is 2.41. The first-order chi connectivity index (χ1) is 15.6. The second kappa shape index (κ2) is 10.1. The highest BCUT2D eigenvalue weighted by Crippen LogP contribution is 2.30. The molecule has 3 N–H and O–H groups in total. The van der Waals surface area contributed by atoms with E-state index in [4.69, 9.17) is 5.73 Å². The van der Waals surface area contributed by atoms with Crippen LogP contribution in [0.3, 0.4) is 0 Å². The molecule has 1 aliphatic rings. The minimum Gasteiger partial charge on any atom is -0.462 e. The van der Waals surface area contributed by atoms with Crippen molar-refractivity contribution in [1.82, 2.24) is 15.3 Å². The van der Waals surface area contributed by atoms with E-state index in [0.29, 0.717) is 23.3 Å². The maximum absolute atomic E-state index is 13.0. The largest absolute Gasteiger partial charge is 0.462 e. The Kier molecular flexibility index (Phi) is 7.50. The van der Waals surface area contributed by atoms with E-state index in [9.17, 15) is 13.2 Å². The zero-order valence-corrected chi connectivity index (χ0v) is 19.8. The molecular weight excluding hydrogens is 442 g/mol. The van der Waals surface area contributed by atoms with Gasteiger partial charge in [0.15, 0.2) is 11.6 Å². The molecule has 0 unspecified atom stereocenters. The van der Waals surface area contributed by atoms with Crippen molar-refractivity contribution in [2.24, 2.45) is 0 Å². The van der Waals surface area contributed by atoms with Crippen LogP contribution in [0.2, 0.25) is 0 Å². The minimum atomic E-state index is -3.70. The Morgan fingerprint density at radius 2 is 1.70 bits per heavy atom. The van der Waals surface area contributed by atoms with E-state index in [0.717, 1.165) is 26.2 Å². The van der Waals surface area contributed by atoms with Gasteiger partial charge in [0.2, 0.25) is 9.84 Å². The van der Waals surface area contributed by atoms with Crippen LogP contribution in [0.25, 0.3) is 11.0 Å². The molecule has 1 saturated heterocycles. The molecule has 0 bridgehead atoms. The molecular formula is C23H29N5O4S. The number of benzene rings is 2. The number of nitrogens with zero attached hydrogens (tertiary/aromatic N) is 3. The summed E-state index contributed by atoms with van der Waals surface area (Å²) in [5.41, 5.74) is 6.64. The van der Waals surface area contributed by atoms with Crippen molar-refractivity contribution >= 4 is 39.0 Å². The minimum absolute atomic E-state index is 0.118. The lowest BCUT2D eigenvalue weighted by atomic mass is 10.2. The zero-order chi connectivity index (χ0) is 24.1. The van der Waals surface area contributed by atoms with Crippen molar-refractivity contribution in [3.63, 3.8) is 0 Å². The van der Waals surface area contributed by atoms with Crippen molar-refractivity contribution in [1.29, 1.82) is 0 Å². The fraction of sp³-hybridized carbons (Fsp3) is 0.348. The number of nitrogen functional groups attached to an aromatic ring is 1. The molecule has 176 valence electrons. The van der Waals surface area contributed by atoms with Crippen LogP contribution in [0.5, 0.6) is 0 Å². The van der Waals surface area contributed by atoms with Gasteiger partial charge in [-0.1, -0.05) is 24.3 Å². The molecule has 1 aliphatic heterocycles. The molecule has 1 aromatic heterocycles. The van der Waals surface area contributed by atoms with Gasteiger partial charge in [-0.3, -0.25) is 4.79 Å². The molecule has 10 heteroatoms. The van der Waals surface area contributed by atoms with Gasteiger partial charge in [-0.15, -0.1) is 0 Å². The molecule has 4 rings (SSSR count). The van der Waals surface area contributed by atoms with Gasteiger partial charge >= 0.3 is 0 Å². The average molecular weight is 472 g/mol. The lowest BCUT2D eigenvalue weighted by molar-refractivity contribution is -0.138. The van der Waals surface area contributed by atoms with Crippen LogP contribution >= 0.6 is 0 Å². The predicted molar refractivity (Wildman–Crippen MR) is 128 cm³/mol. The van der Waals surface area contributed by atoms with Gasteiger partial charge in [0.25, 0.3) is 6.47 Å². The van der Waals surface area contributed by atoms with Crippen LogP contribution in [-0.4, -0.2) is 56.6 Å². The summed E-state index contributed by atoms with van der Waals surface area (Å²) in [6.45, 7) is 9.19. The molecule has 0 radical (unpaired) electrons. The van der Waals surface area contributed by atoms with Gasteiger partial charge in [0.05, 0.1) is 15.3 Å². The molecule has 9 nitrogen and oxygen atoms in total. The number of carbonyl (C=O) groups is 1. The van der Waals surface area contributed by atoms with E-state index in [-0.39, 0.29) is 21.2 Å². The number of ether oxygens (including phenoxy) is 1. The smallest absolute Gasteiger partial charge is 0.293 e. The number of fused-ring (bicyclic) bond motifs is 1. The van der Waals surface area contributed by atoms with Gasteiger partial charge in [-0.05, 0) is 45.0 Å². The summed E-state index contributed by atoms with van der Waals surface area (Å²) in [5.74, 6) is 0.850. The van der Waals surface area contributed by atoms with Gasteiger partial charge in [0.1, 0.15) is 11.1 Å². The molecule has 0 aliphatic carbocycles. The van der Waals surface area contributed by atoms with Crippen LogP contribution < -0.4 is 16.0 Å². The Bertz CT molecular complexity index is 1200. The molecule has 0 amide bonds. The fourth-order valence-electron chi connectivity index (χ4n) is 3.25. The number of para-hydroxylation sites is 1.